The van der Waals surface area contributed by atoms with Gasteiger partial charge in [0.1, 0.15) is 5.82 Å². The molecule has 0 bridgehead atoms. The lowest BCUT2D eigenvalue weighted by molar-refractivity contribution is 0.0953. The van der Waals surface area contributed by atoms with Gasteiger partial charge in [-0.05, 0) is 25.5 Å². The number of nitrogen functional groups attached to an aromatic ring is 1. The SMILES string of the molecule is Cc1nccn1CCCNC(=O)c1ccc(Cl)c(N)c1Cl. The Bertz CT molecular complexity index is 654. The number of imidazole rings is 1. The number of benzene rings is 1. The van der Waals surface area contributed by atoms with E-state index in [2.05, 4.69) is 10.3 Å². The molecular formula is C14H16Cl2N4O. The van der Waals surface area contributed by atoms with Gasteiger partial charge in [-0.3, -0.25) is 4.79 Å². The number of carbonyl (C=O) groups is 1. The first-order valence-electron chi connectivity index (χ1n) is 6.50. The van der Waals surface area contributed by atoms with E-state index in [1.807, 2.05) is 17.7 Å². The zero-order valence-electron chi connectivity index (χ0n) is 11.6. The predicted molar refractivity (Wildman–Crippen MR) is 84.8 cm³/mol. The molecule has 2 aromatic rings. The number of hydrogen-bond acceptors (Lipinski definition) is 3. The minimum Gasteiger partial charge on any atom is -0.396 e. The van der Waals surface area contributed by atoms with Crippen molar-refractivity contribution in [3.63, 3.8) is 0 Å². The Morgan fingerprint density at radius 1 is 1.43 bits per heavy atom. The van der Waals surface area contributed by atoms with Gasteiger partial charge in [0, 0.05) is 25.5 Å². The molecule has 112 valence electrons. The summed E-state index contributed by atoms with van der Waals surface area (Å²) >= 11 is 11.9. The minimum absolute atomic E-state index is 0.186. The second-order valence-electron chi connectivity index (χ2n) is 4.60. The predicted octanol–water partition coefficient (Wildman–Crippen LogP) is 2.90. The Labute approximate surface area is 133 Å². The van der Waals surface area contributed by atoms with Crippen molar-refractivity contribution in [2.75, 3.05) is 12.3 Å². The Hall–Kier alpha value is -1.72. The van der Waals surface area contributed by atoms with Gasteiger partial charge in [0.25, 0.3) is 5.91 Å². The van der Waals surface area contributed by atoms with Crippen molar-refractivity contribution in [1.29, 1.82) is 0 Å². The molecule has 3 N–H and O–H groups in total. The maximum absolute atomic E-state index is 12.0. The molecule has 0 aliphatic heterocycles. The average molecular weight is 327 g/mol. The number of aromatic nitrogens is 2. The second kappa shape index (κ2) is 6.83. The summed E-state index contributed by atoms with van der Waals surface area (Å²) in [4.78, 5) is 16.2. The summed E-state index contributed by atoms with van der Waals surface area (Å²) in [5, 5.41) is 3.34. The first-order chi connectivity index (χ1) is 10.0. The maximum atomic E-state index is 12.0. The van der Waals surface area contributed by atoms with Crippen molar-refractivity contribution in [3.05, 3.63) is 46.0 Å². The van der Waals surface area contributed by atoms with E-state index in [9.17, 15) is 4.79 Å². The molecule has 0 spiro atoms. The van der Waals surface area contributed by atoms with Crippen LogP contribution in [-0.2, 0) is 6.54 Å². The van der Waals surface area contributed by atoms with Crippen molar-refractivity contribution in [1.82, 2.24) is 14.9 Å². The maximum Gasteiger partial charge on any atom is 0.252 e. The topological polar surface area (TPSA) is 72.9 Å². The van der Waals surface area contributed by atoms with E-state index in [1.165, 1.54) is 0 Å². The van der Waals surface area contributed by atoms with Gasteiger partial charge >= 0.3 is 0 Å². The highest BCUT2D eigenvalue weighted by Gasteiger charge is 2.14. The first kappa shape index (κ1) is 15.7. The quantitative estimate of drug-likeness (QED) is 0.655. The smallest absolute Gasteiger partial charge is 0.252 e. The molecule has 1 aromatic heterocycles. The molecule has 5 nitrogen and oxygen atoms in total. The van der Waals surface area contributed by atoms with Crippen molar-refractivity contribution in [2.24, 2.45) is 0 Å². The summed E-state index contributed by atoms with van der Waals surface area (Å²) in [6, 6.07) is 3.13. The zero-order chi connectivity index (χ0) is 15.4. The van der Waals surface area contributed by atoms with E-state index in [0.717, 1.165) is 18.8 Å². The summed E-state index contributed by atoms with van der Waals surface area (Å²) < 4.78 is 2.03. The van der Waals surface area contributed by atoms with Crippen LogP contribution in [0.15, 0.2) is 24.5 Å². The molecule has 0 atom stereocenters. The Morgan fingerprint density at radius 3 is 2.86 bits per heavy atom. The molecule has 7 heteroatoms. The molecule has 0 unspecified atom stereocenters. The highest BCUT2D eigenvalue weighted by molar-refractivity contribution is 6.40. The third-order valence-electron chi connectivity index (χ3n) is 3.16. The lowest BCUT2D eigenvalue weighted by Crippen LogP contribution is -2.25. The minimum atomic E-state index is -0.259. The van der Waals surface area contributed by atoms with E-state index >= 15 is 0 Å². The molecule has 2 rings (SSSR count). The standard InChI is InChI=1S/C14H16Cl2N4O/c1-9-18-6-8-20(9)7-2-5-19-14(21)10-3-4-11(15)13(17)12(10)16/h3-4,6,8H,2,5,7,17H2,1H3,(H,19,21). The molecule has 1 amide bonds. The number of carbonyl (C=O) groups excluding carboxylic acids is 1. The zero-order valence-corrected chi connectivity index (χ0v) is 13.1. The molecule has 0 saturated heterocycles. The number of nitrogens with zero attached hydrogens (tertiary/aromatic N) is 2. The van der Waals surface area contributed by atoms with Crippen LogP contribution < -0.4 is 11.1 Å². The second-order valence-corrected chi connectivity index (χ2v) is 5.39. The Morgan fingerprint density at radius 2 is 2.19 bits per heavy atom. The van der Waals surface area contributed by atoms with E-state index in [0.29, 0.717) is 17.1 Å². The molecule has 21 heavy (non-hydrogen) atoms. The van der Waals surface area contributed by atoms with Crippen molar-refractivity contribution in [3.8, 4) is 0 Å². The van der Waals surface area contributed by atoms with Gasteiger partial charge in [0.2, 0.25) is 0 Å². The fourth-order valence-electron chi connectivity index (χ4n) is 1.93. The van der Waals surface area contributed by atoms with Crippen LogP contribution in [0.3, 0.4) is 0 Å². The summed E-state index contributed by atoms with van der Waals surface area (Å²) in [5.74, 6) is 0.695. The Balaban J connectivity index is 1.88. The number of rotatable bonds is 5. The third-order valence-corrected chi connectivity index (χ3v) is 3.89. The van der Waals surface area contributed by atoms with Crippen LogP contribution in [0.4, 0.5) is 5.69 Å². The van der Waals surface area contributed by atoms with Crippen LogP contribution in [0, 0.1) is 6.92 Å². The summed E-state index contributed by atoms with van der Waals surface area (Å²) in [5.41, 5.74) is 6.26. The van der Waals surface area contributed by atoms with Crippen LogP contribution in [0.2, 0.25) is 10.0 Å². The highest BCUT2D eigenvalue weighted by atomic mass is 35.5. The number of amides is 1. The van der Waals surface area contributed by atoms with Crippen molar-refractivity contribution >= 4 is 34.8 Å². The first-order valence-corrected chi connectivity index (χ1v) is 7.25. The van der Waals surface area contributed by atoms with Gasteiger partial charge in [0.15, 0.2) is 0 Å². The van der Waals surface area contributed by atoms with Crippen LogP contribution in [0.25, 0.3) is 0 Å². The average Bonchev–Trinajstić information content (AvgIpc) is 2.86. The molecule has 1 heterocycles. The Kier molecular flexibility index (Phi) is 5.09. The van der Waals surface area contributed by atoms with Gasteiger partial charge in [-0.2, -0.15) is 0 Å². The van der Waals surface area contributed by atoms with E-state index in [1.54, 1.807) is 18.3 Å². The van der Waals surface area contributed by atoms with E-state index in [-0.39, 0.29) is 16.6 Å². The van der Waals surface area contributed by atoms with Crippen molar-refractivity contribution < 1.29 is 4.79 Å². The summed E-state index contributed by atoms with van der Waals surface area (Å²) in [7, 11) is 0. The number of nitrogens with two attached hydrogens (primary N) is 1. The highest BCUT2D eigenvalue weighted by Crippen LogP contribution is 2.30. The fourth-order valence-corrected chi connectivity index (χ4v) is 2.39. The number of nitrogens with one attached hydrogen (secondary N) is 1. The molecule has 0 saturated carbocycles. The number of anilines is 1. The lowest BCUT2D eigenvalue weighted by Gasteiger charge is -2.10. The van der Waals surface area contributed by atoms with Gasteiger partial charge in [-0.1, -0.05) is 23.2 Å². The normalized spacial score (nSPS) is 10.6. The number of halogens is 2. The monoisotopic (exact) mass is 326 g/mol. The van der Waals surface area contributed by atoms with E-state index < -0.39 is 0 Å². The molecule has 0 aliphatic rings. The van der Waals surface area contributed by atoms with Gasteiger partial charge in [-0.25, -0.2) is 4.98 Å². The number of hydrogen-bond donors (Lipinski definition) is 2. The van der Waals surface area contributed by atoms with Crippen LogP contribution in [0.5, 0.6) is 0 Å². The molecule has 1 aromatic carbocycles. The van der Waals surface area contributed by atoms with Crippen LogP contribution in [0.1, 0.15) is 22.6 Å². The largest absolute Gasteiger partial charge is 0.396 e. The van der Waals surface area contributed by atoms with Gasteiger partial charge < -0.3 is 15.6 Å². The van der Waals surface area contributed by atoms with Gasteiger partial charge in [-0.15, -0.1) is 0 Å². The van der Waals surface area contributed by atoms with Crippen LogP contribution >= 0.6 is 23.2 Å². The molecule has 0 fully saturated rings. The van der Waals surface area contributed by atoms with Crippen molar-refractivity contribution in [2.45, 2.75) is 19.9 Å². The third kappa shape index (κ3) is 3.68. The van der Waals surface area contributed by atoms with E-state index in [4.69, 9.17) is 28.9 Å². The lowest BCUT2D eigenvalue weighted by atomic mass is 10.2. The number of aryl methyl sites for hydroxylation is 2. The summed E-state index contributed by atoms with van der Waals surface area (Å²) in [6.45, 7) is 3.27. The molecule has 0 radical (unpaired) electrons. The fraction of sp³-hybridized carbons (Fsp3) is 0.286. The molecular weight excluding hydrogens is 311 g/mol. The molecule has 0 aliphatic carbocycles. The summed E-state index contributed by atoms with van der Waals surface area (Å²) in [6.07, 6.45) is 4.46. The van der Waals surface area contributed by atoms with Gasteiger partial charge in [0.05, 0.1) is 21.3 Å². The van der Waals surface area contributed by atoms with Crippen LogP contribution in [-0.4, -0.2) is 22.0 Å².